The molecular formula is C19H26O6. The van der Waals surface area contributed by atoms with E-state index in [0.717, 1.165) is 11.1 Å². The van der Waals surface area contributed by atoms with Gasteiger partial charge in [-0.25, -0.2) is 4.79 Å². The Kier molecular flexibility index (Phi) is 4.34. The molecule has 0 aliphatic heterocycles. The monoisotopic (exact) mass is 350 g/mol. The second kappa shape index (κ2) is 5.97. The van der Waals surface area contributed by atoms with Crippen LogP contribution in [0.2, 0.25) is 0 Å². The molecule has 1 aromatic heterocycles. The first-order valence-electron chi connectivity index (χ1n) is 8.63. The molecule has 5 atom stereocenters. The van der Waals surface area contributed by atoms with Crippen LogP contribution in [0.15, 0.2) is 22.8 Å². The van der Waals surface area contributed by atoms with Gasteiger partial charge < -0.3 is 24.5 Å². The number of furan rings is 1. The van der Waals surface area contributed by atoms with Gasteiger partial charge in [0.05, 0.1) is 24.5 Å². The smallest absolute Gasteiger partial charge is 0.336 e. The summed E-state index contributed by atoms with van der Waals surface area (Å²) in [6.07, 6.45) is 1.21. The molecule has 0 aromatic carbocycles. The molecule has 1 saturated carbocycles. The zero-order valence-corrected chi connectivity index (χ0v) is 14.9. The van der Waals surface area contributed by atoms with E-state index >= 15 is 0 Å². The number of esters is 1. The van der Waals surface area contributed by atoms with Gasteiger partial charge in [-0.3, -0.25) is 0 Å². The first-order valence-corrected chi connectivity index (χ1v) is 8.63. The van der Waals surface area contributed by atoms with Gasteiger partial charge >= 0.3 is 5.97 Å². The highest BCUT2D eigenvalue weighted by Crippen LogP contribution is 2.61. The van der Waals surface area contributed by atoms with E-state index in [1.165, 1.54) is 0 Å². The number of carbonyl (C=O) groups excluding carboxylic acids is 1. The third-order valence-corrected chi connectivity index (χ3v) is 6.43. The molecule has 2 aliphatic carbocycles. The fraction of sp³-hybridized carbons (Fsp3) is 0.632. The first-order chi connectivity index (χ1) is 11.7. The number of carbonyl (C=O) groups is 1. The number of hydrogen-bond acceptors (Lipinski definition) is 6. The lowest BCUT2D eigenvalue weighted by atomic mass is 9.50. The Labute approximate surface area is 147 Å². The van der Waals surface area contributed by atoms with Gasteiger partial charge in [0.1, 0.15) is 17.5 Å². The summed E-state index contributed by atoms with van der Waals surface area (Å²) in [4.78, 5) is 12.3. The average molecular weight is 350 g/mol. The molecule has 3 rings (SSSR count). The number of hydrogen-bond donors (Lipinski definition) is 3. The molecule has 1 aromatic rings. The van der Waals surface area contributed by atoms with Gasteiger partial charge in [0, 0.05) is 17.4 Å². The lowest BCUT2D eigenvalue weighted by Crippen LogP contribution is -2.66. The molecule has 0 amide bonds. The SMILES string of the molecule is C=C(CO)C(=O)O[C@@H]1c2c(C)coc2C[C@@]2(O)[C@H](O)CC[C@H](C)[C@@]12C. The van der Waals surface area contributed by atoms with E-state index < -0.39 is 35.8 Å². The summed E-state index contributed by atoms with van der Waals surface area (Å²) in [5, 5.41) is 31.2. The summed E-state index contributed by atoms with van der Waals surface area (Å²) >= 11 is 0. The Hall–Kier alpha value is -1.63. The largest absolute Gasteiger partial charge is 0.469 e. The van der Waals surface area contributed by atoms with Gasteiger partial charge in [-0.1, -0.05) is 20.4 Å². The van der Waals surface area contributed by atoms with Crippen molar-refractivity contribution in [2.24, 2.45) is 11.3 Å². The Bertz CT molecular complexity index is 707. The van der Waals surface area contributed by atoms with Crippen LogP contribution in [0.3, 0.4) is 0 Å². The highest BCUT2D eigenvalue weighted by molar-refractivity contribution is 5.88. The highest BCUT2D eigenvalue weighted by Gasteiger charge is 2.65. The normalized spacial score (nSPS) is 37.1. The zero-order chi connectivity index (χ0) is 18.6. The molecule has 6 nitrogen and oxygen atoms in total. The van der Waals surface area contributed by atoms with E-state index in [4.69, 9.17) is 9.15 Å². The molecule has 0 spiro atoms. The van der Waals surface area contributed by atoms with Crippen LogP contribution in [0.5, 0.6) is 0 Å². The number of aliphatic hydroxyl groups is 3. The van der Waals surface area contributed by atoms with Gasteiger partial charge in [-0.05, 0) is 31.2 Å². The molecule has 6 heteroatoms. The van der Waals surface area contributed by atoms with Crippen LogP contribution in [-0.2, 0) is 16.0 Å². The summed E-state index contributed by atoms with van der Waals surface area (Å²) in [5.74, 6) is -0.182. The average Bonchev–Trinajstić information content (AvgIpc) is 2.93. The highest BCUT2D eigenvalue weighted by atomic mass is 16.5. The van der Waals surface area contributed by atoms with Crippen molar-refractivity contribution in [3.63, 3.8) is 0 Å². The Morgan fingerprint density at radius 2 is 2.16 bits per heavy atom. The zero-order valence-electron chi connectivity index (χ0n) is 14.9. The summed E-state index contributed by atoms with van der Waals surface area (Å²) in [7, 11) is 0. The first kappa shape index (κ1) is 18.2. The summed E-state index contributed by atoms with van der Waals surface area (Å²) in [6.45, 7) is 8.74. The molecule has 0 bridgehead atoms. The fourth-order valence-electron chi connectivity index (χ4n) is 4.50. The van der Waals surface area contributed by atoms with Crippen molar-refractivity contribution in [3.05, 3.63) is 35.3 Å². The maximum atomic E-state index is 12.3. The van der Waals surface area contributed by atoms with E-state index in [9.17, 15) is 20.1 Å². The van der Waals surface area contributed by atoms with Gasteiger partial charge in [0.2, 0.25) is 0 Å². The van der Waals surface area contributed by atoms with Crippen LogP contribution in [-0.4, -0.2) is 39.6 Å². The maximum Gasteiger partial charge on any atom is 0.336 e. The number of fused-ring (bicyclic) bond motifs is 2. The minimum atomic E-state index is -1.46. The lowest BCUT2D eigenvalue weighted by Gasteiger charge is -2.59. The fourth-order valence-corrected chi connectivity index (χ4v) is 4.50. The minimum Gasteiger partial charge on any atom is -0.469 e. The number of aryl methyl sites for hydroxylation is 1. The molecule has 138 valence electrons. The molecule has 0 unspecified atom stereocenters. The lowest BCUT2D eigenvalue weighted by molar-refractivity contribution is -0.247. The second-order valence-corrected chi connectivity index (χ2v) is 7.68. The second-order valence-electron chi connectivity index (χ2n) is 7.68. The van der Waals surface area contributed by atoms with Crippen LogP contribution in [0, 0.1) is 18.3 Å². The van der Waals surface area contributed by atoms with Crippen molar-refractivity contribution in [3.8, 4) is 0 Å². The molecule has 1 fully saturated rings. The molecule has 1 heterocycles. The summed E-state index contributed by atoms with van der Waals surface area (Å²) < 4.78 is 11.3. The van der Waals surface area contributed by atoms with Crippen molar-refractivity contribution < 1.29 is 29.3 Å². The minimum absolute atomic E-state index is 0.00328. The van der Waals surface area contributed by atoms with E-state index in [-0.39, 0.29) is 17.9 Å². The van der Waals surface area contributed by atoms with Crippen molar-refractivity contribution >= 4 is 5.97 Å². The van der Waals surface area contributed by atoms with Gasteiger partial charge in [-0.2, -0.15) is 0 Å². The van der Waals surface area contributed by atoms with Crippen molar-refractivity contribution in [1.29, 1.82) is 0 Å². The quantitative estimate of drug-likeness (QED) is 0.568. The van der Waals surface area contributed by atoms with E-state index in [1.807, 2.05) is 20.8 Å². The van der Waals surface area contributed by atoms with Crippen molar-refractivity contribution in [2.75, 3.05) is 6.61 Å². The van der Waals surface area contributed by atoms with Gasteiger partial charge in [-0.15, -0.1) is 0 Å². The predicted octanol–water partition coefficient (Wildman–Crippen LogP) is 1.81. The third kappa shape index (κ3) is 2.39. The van der Waals surface area contributed by atoms with E-state index in [0.29, 0.717) is 18.6 Å². The van der Waals surface area contributed by atoms with E-state index in [1.54, 1.807) is 6.26 Å². The Morgan fingerprint density at radius 1 is 1.48 bits per heavy atom. The van der Waals surface area contributed by atoms with Crippen LogP contribution in [0.1, 0.15) is 49.7 Å². The van der Waals surface area contributed by atoms with Crippen LogP contribution in [0.4, 0.5) is 0 Å². The van der Waals surface area contributed by atoms with Crippen LogP contribution >= 0.6 is 0 Å². The standard InChI is InChI=1S/C19H26O6/c1-10(8-20)17(22)25-16-15-11(2)9-24-13(15)7-19(23)14(21)6-5-12(3)18(16,19)4/h9,12,14,16,20-21,23H,1,5-8H2,2-4H3/t12-,14+,16+,18-,19+/m0/s1. The number of ether oxygens (including phenoxy) is 1. The van der Waals surface area contributed by atoms with E-state index in [2.05, 4.69) is 6.58 Å². The molecular weight excluding hydrogens is 324 g/mol. The van der Waals surface area contributed by atoms with Crippen molar-refractivity contribution in [1.82, 2.24) is 0 Å². The Balaban J connectivity index is 2.15. The molecule has 25 heavy (non-hydrogen) atoms. The van der Waals surface area contributed by atoms with Gasteiger partial charge in [0.15, 0.2) is 0 Å². The maximum absolute atomic E-state index is 12.3. The number of rotatable bonds is 3. The van der Waals surface area contributed by atoms with Crippen LogP contribution in [0.25, 0.3) is 0 Å². The third-order valence-electron chi connectivity index (χ3n) is 6.43. The van der Waals surface area contributed by atoms with Crippen molar-refractivity contribution in [2.45, 2.75) is 57.8 Å². The van der Waals surface area contributed by atoms with Gasteiger partial charge in [0.25, 0.3) is 0 Å². The number of aliphatic hydroxyl groups excluding tert-OH is 2. The molecule has 0 saturated heterocycles. The Morgan fingerprint density at radius 3 is 2.80 bits per heavy atom. The van der Waals surface area contributed by atoms with Crippen LogP contribution < -0.4 is 0 Å². The topological polar surface area (TPSA) is 100 Å². The molecule has 2 aliphatic rings. The molecule has 0 radical (unpaired) electrons. The predicted molar refractivity (Wildman–Crippen MR) is 89.7 cm³/mol. The summed E-state index contributed by atoms with van der Waals surface area (Å²) in [5.41, 5.74) is -0.833. The summed E-state index contributed by atoms with van der Waals surface area (Å²) in [6, 6.07) is 0. The molecule has 3 N–H and O–H groups in total.